The smallest absolute Gasteiger partial charge is 0.125 e. The van der Waals surface area contributed by atoms with E-state index >= 15 is 0 Å². The van der Waals surface area contributed by atoms with Crippen LogP contribution < -0.4 is 0 Å². The fourth-order valence-corrected chi connectivity index (χ4v) is 2.40. The first-order chi connectivity index (χ1) is 10.3. The van der Waals surface area contributed by atoms with Crippen LogP contribution in [-0.2, 0) is 12.8 Å². The minimum absolute atomic E-state index is 0.432. The molecule has 0 amide bonds. The van der Waals surface area contributed by atoms with E-state index in [1.54, 1.807) is 0 Å². The summed E-state index contributed by atoms with van der Waals surface area (Å²) >= 11 is 0. The van der Waals surface area contributed by atoms with E-state index in [2.05, 4.69) is 37.3 Å². The Hall–Kier alpha value is -2.02. The molecular weight excluding hydrogens is 256 g/mol. The molecule has 0 radical (unpaired) electrons. The summed E-state index contributed by atoms with van der Waals surface area (Å²) in [6, 6.07) is 16.4. The van der Waals surface area contributed by atoms with Crippen molar-refractivity contribution in [2.75, 3.05) is 0 Å². The van der Waals surface area contributed by atoms with Gasteiger partial charge in [0.25, 0.3) is 0 Å². The molecule has 110 valence electrons. The van der Waals surface area contributed by atoms with Crippen LogP contribution in [0.1, 0.15) is 42.9 Å². The number of benzene rings is 2. The third kappa shape index (κ3) is 4.78. The zero-order chi connectivity index (χ0) is 14.9. The number of aryl methyl sites for hydroxylation is 2. The van der Waals surface area contributed by atoms with Crippen molar-refractivity contribution < 1.29 is 5.11 Å². The lowest BCUT2D eigenvalue weighted by molar-refractivity contribution is 0.466. The first-order valence-corrected chi connectivity index (χ1v) is 7.82. The minimum Gasteiger partial charge on any atom is -0.507 e. The number of para-hydroxylation sites is 1. The van der Waals surface area contributed by atoms with Gasteiger partial charge >= 0.3 is 0 Å². The zero-order valence-electron chi connectivity index (χ0n) is 12.8. The van der Waals surface area contributed by atoms with Crippen LogP contribution in [0.5, 0.6) is 5.75 Å². The van der Waals surface area contributed by atoms with Crippen LogP contribution >= 0.6 is 0 Å². The van der Waals surface area contributed by atoms with Crippen LogP contribution in [0.3, 0.4) is 0 Å². The van der Waals surface area contributed by atoms with E-state index < -0.39 is 0 Å². The number of rotatable bonds is 7. The molecule has 21 heavy (non-hydrogen) atoms. The monoisotopic (exact) mass is 280 g/mol. The van der Waals surface area contributed by atoms with E-state index in [-0.39, 0.29) is 0 Å². The Bertz CT molecular complexity index is 570. The van der Waals surface area contributed by atoms with E-state index in [1.807, 2.05) is 30.3 Å². The van der Waals surface area contributed by atoms with Gasteiger partial charge in [0.2, 0.25) is 0 Å². The Labute approximate surface area is 128 Å². The summed E-state index contributed by atoms with van der Waals surface area (Å²) in [5.74, 6) is 0.432. The Balaban J connectivity index is 2.02. The van der Waals surface area contributed by atoms with Crippen LogP contribution in [0.15, 0.2) is 54.6 Å². The van der Waals surface area contributed by atoms with Crippen molar-refractivity contribution in [2.45, 2.75) is 39.0 Å². The zero-order valence-corrected chi connectivity index (χ0v) is 12.8. The maximum absolute atomic E-state index is 10.4. The third-order valence-electron chi connectivity index (χ3n) is 3.70. The lowest BCUT2D eigenvalue weighted by Gasteiger charge is -2.07. The molecule has 0 spiro atoms. The lowest BCUT2D eigenvalue weighted by atomic mass is 10.0. The van der Waals surface area contributed by atoms with Gasteiger partial charge in [-0.3, -0.25) is 0 Å². The van der Waals surface area contributed by atoms with Gasteiger partial charge in [-0.2, -0.15) is 0 Å². The van der Waals surface area contributed by atoms with Gasteiger partial charge in [0.1, 0.15) is 5.75 Å². The molecular formula is C20H24O. The molecule has 0 heterocycles. The molecule has 0 aliphatic carbocycles. The molecule has 0 atom stereocenters. The second-order valence-corrected chi connectivity index (χ2v) is 5.39. The highest BCUT2D eigenvalue weighted by Gasteiger charge is 2.05. The summed E-state index contributed by atoms with van der Waals surface area (Å²) in [6.45, 7) is 2.19. The molecule has 1 heteroatoms. The van der Waals surface area contributed by atoms with E-state index in [9.17, 15) is 5.11 Å². The maximum Gasteiger partial charge on any atom is 0.125 e. The van der Waals surface area contributed by atoms with Gasteiger partial charge in [-0.25, -0.2) is 0 Å². The predicted octanol–water partition coefficient (Wildman–Crippen LogP) is 5.38. The van der Waals surface area contributed by atoms with Gasteiger partial charge in [-0.15, -0.1) is 0 Å². The van der Waals surface area contributed by atoms with Crippen LogP contribution in [0, 0.1) is 0 Å². The quantitative estimate of drug-likeness (QED) is 0.675. The molecule has 0 fully saturated rings. The molecule has 2 aromatic carbocycles. The number of allylic oxidation sites excluding steroid dienone is 1. The summed E-state index contributed by atoms with van der Waals surface area (Å²) in [6.07, 6.45) is 9.49. The van der Waals surface area contributed by atoms with E-state index in [1.165, 1.54) is 18.4 Å². The van der Waals surface area contributed by atoms with Gasteiger partial charge in [0.05, 0.1) is 0 Å². The second-order valence-electron chi connectivity index (χ2n) is 5.39. The molecule has 0 saturated heterocycles. The Morgan fingerprint density at radius 1 is 0.952 bits per heavy atom. The largest absolute Gasteiger partial charge is 0.507 e. The van der Waals surface area contributed by atoms with Crippen molar-refractivity contribution in [3.05, 3.63) is 71.3 Å². The van der Waals surface area contributed by atoms with Crippen molar-refractivity contribution in [3.63, 3.8) is 0 Å². The maximum atomic E-state index is 10.4. The van der Waals surface area contributed by atoms with Crippen LogP contribution in [0.2, 0.25) is 0 Å². The fourth-order valence-electron chi connectivity index (χ4n) is 2.40. The molecule has 0 aromatic heterocycles. The lowest BCUT2D eigenvalue weighted by Crippen LogP contribution is -1.92. The standard InChI is InChI=1S/C20H24O/c1-2-3-4-8-12-18-13-9-14-19(20(18)21)16-15-17-10-6-5-7-11-17/h5-14,21H,2-4,15-16H2,1H3. The van der Waals surface area contributed by atoms with E-state index in [0.717, 1.165) is 30.4 Å². The van der Waals surface area contributed by atoms with Gasteiger partial charge in [0.15, 0.2) is 0 Å². The summed E-state index contributed by atoms with van der Waals surface area (Å²) in [4.78, 5) is 0. The number of aromatic hydroxyl groups is 1. The molecule has 0 aliphatic heterocycles. The first-order valence-electron chi connectivity index (χ1n) is 7.82. The Kier molecular flexibility index (Phi) is 6.08. The molecule has 2 rings (SSSR count). The van der Waals surface area contributed by atoms with E-state index in [4.69, 9.17) is 0 Å². The van der Waals surface area contributed by atoms with E-state index in [0.29, 0.717) is 5.75 Å². The second kappa shape index (κ2) is 8.31. The average molecular weight is 280 g/mol. The fraction of sp³-hybridized carbons (Fsp3) is 0.300. The van der Waals surface area contributed by atoms with Crippen LogP contribution in [-0.4, -0.2) is 5.11 Å². The molecule has 0 bridgehead atoms. The van der Waals surface area contributed by atoms with Crippen molar-refractivity contribution in [3.8, 4) is 5.75 Å². The normalized spacial score (nSPS) is 11.1. The summed E-state index contributed by atoms with van der Waals surface area (Å²) in [7, 11) is 0. The molecule has 0 saturated carbocycles. The number of unbranched alkanes of at least 4 members (excludes halogenated alkanes) is 2. The predicted molar refractivity (Wildman–Crippen MR) is 90.5 cm³/mol. The van der Waals surface area contributed by atoms with Crippen LogP contribution in [0.4, 0.5) is 0 Å². The van der Waals surface area contributed by atoms with Gasteiger partial charge in [-0.1, -0.05) is 80.4 Å². The third-order valence-corrected chi connectivity index (χ3v) is 3.70. The summed E-state index contributed by atoms with van der Waals surface area (Å²) in [5.41, 5.74) is 3.26. The molecule has 0 aliphatic rings. The Morgan fingerprint density at radius 2 is 1.76 bits per heavy atom. The van der Waals surface area contributed by atoms with Crippen molar-refractivity contribution in [2.24, 2.45) is 0 Å². The van der Waals surface area contributed by atoms with Crippen molar-refractivity contribution >= 4 is 6.08 Å². The summed E-state index contributed by atoms with van der Waals surface area (Å²) in [5, 5.41) is 10.4. The summed E-state index contributed by atoms with van der Waals surface area (Å²) < 4.78 is 0. The molecule has 2 aromatic rings. The Morgan fingerprint density at radius 3 is 2.52 bits per heavy atom. The highest BCUT2D eigenvalue weighted by atomic mass is 16.3. The van der Waals surface area contributed by atoms with Crippen LogP contribution in [0.25, 0.3) is 6.08 Å². The van der Waals surface area contributed by atoms with Gasteiger partial charge < -0.3 is 5.11 Å². The van der Waals surface area contributed by atoms with Gasteiger partial charge in [-0.05, 0) is 30.4 Å². The SMILES string of the molecule is CCCCC=Cc1cccc(CCc2ccccc2)c1O. The molecule has 1 nitrogen and oxygen atoms in total. The minimum atomic E-state index is 0.432. The highest BCUT2D eigenvalue weighted by molar-refractivity contribution is 5.59. The highest BCUT2D eigenvalue weighted by Crippen LogP contribution is 2.25. The average Bonchev–Trinajstić information content (AvgIpc) is 2.53. The van der Waals surface area contributed by atoms with Gasteiger partial charge in [0, 0.05) is 5.56 Å². The number of hydrogen-bond acceptors (Lipinski definition) is 1. The van der Waals surface area contributed by atoms with Crippen molar-refractivity contribution in [1.29, 1.82) is 0 Å². The number of hydrogen-bond donors (Lipinski definition) is 1. The molecule has 0 unspecified atom stereocenters. The van der Waals surface area contributed by atoms with Crippen molar-refractivity contribution in [1.82, 2.24) is 0 Å². The number of phenols is 1. The first kappa shape index (κ1) is 15.4. The molecule has 1 N–H and O–H groups in total. The topological polar surface area (TPSA) is 20.2 Å². The number of phenolic OH excluding ortho intramolecular Hbond substituents is 1.